The van der Waals surface area contributed by atoms with E-state index < -0.39 is 5.60 Å². The molecule has 19 heavy (non-hydrogen) atoms. The first-order valence-corrected chi connectivity index (χ1v) is 7.26. The molecule has 0 amide bonds. The van der Waals surface area contributed by atoms with Gasteiger partial charge in [0.25, 0.3) is 0 Å². The lowest BCUT2D eigenvalue weighted by Gasteiger charge is -2.43. The van der Waals surface area contributed by atoms with Gasteiger partial charge in [0.1, 0.15) is 0 Å². The van der Waals surface area contributed by atoms with E-state index in [9.17, 15) is 5.11 Å². The smallest absolute Gasteiger partial charge is 0.0752 e. The molecule has 0 saturated carbocycles. The van der Waals surface area contributed by atoms with Gasteiger partial charge >= 0.3 is 0 Å². The van der Waals surface area contributed by atoms with E-state index in [4.69, 9.17) is 4.74 Å². The Kier molecular flexibility index (Phi) is 4.02. The van der Waals surface area contributed by atoms with Crippen molar-refractivity contribution in [1.29, 1.82) is 0 Å². The van der Waals surface area contributed by atoms with Gasteiger partial charge in [-0.05, 0) is 33.3 Å². The summed E-state index contributed by atoms with van der Waals surface area (Å²) < 4.78 is 7.75. The van der Waals surface area contributed by atoms with Gasteiger partial charge in [-0.25, -0.2) is 0 Å². The molecule has 0 spiro atoms. The third kappa shape index (κ3) is 3.37. The summed E-state index contributed by atoms with van der Waals surface area (Å²) in [5.41, 5.74) is 0.0869. The van der Waals surface area contributed by atoms with Crippen molar-refractivity contribution < 1.29 is 9.84 Å². The van der Waals surface area contributed by atoms with E-state index in [1.165, 1.54) is 0 Å². The summed E-state index contributed by atoms with van der Waals surface area (Å²) in [4.78, 5) is 0. The molecule has 4 heteroatoms. The lowest BCUT2D eigenvalue weighted by molar-refractivity contribution is -0.153. The Balaban J connectivity index is 2.07. The molecule has 1 aromatic rings. The van der Waals surface area contributed by atoms with Crippen LogP contribution >= 0.6 is 0 Å². The maximum atomic E-state index is 10.8. The van der Waals surface area contributed by atoms with Crippen molar-refractivity contribution >= 4 is 0 Å². The van der Waals surface area contributed by atoms with Crippen LogP contribution in [0.2, 0.25) is 0 Å². The van der Waals surface area contributed by atoms with Gasteiger partial charge in [-0.15, -0.1) is 0 Å². The molecule has 1 saturated heterocycles. The van der Waals surface area contributed by atoms with Gasteiger partial charge in [0.05, 0.1) is 23.5 Å². The highest BCUT2D eigenvalue weighted by molar-refractivity contribution is 5.07. The maximum Gasteiger partial charge on any atom is 0.0752 e. The third-order valence-corrected chi connectivity index (χ3v) is 4.17. The highest BCUT2D eigenvalue weighted by atomic mass is 16.5. The van der Waals surface area contributed by atoms with E-state index in [-0.39, 0.29) is 5.60 Å². The van der Waals surface area contributed by atoms with E-state index in [0.717, 1.165) is 12.1 Å². The van der Waals surface area contributed by atoms with Crippen LogP contribution < -0.4 is 0 Å². The van der Waals surface area contributed by atoms with Gasteiger partial charge in [-0.1, -0.05) is 6.92 Å². The van der Waals surface area contributed by atoms with E-state index in [2.05, 4.69) is 32.8 Å². The molecule has 2 rings (SSSR count). The van der Waals surface area contributed by atoms with Crippen LogP contribution in [0.15, 0.2) is 12.3 Å². The van der Waals surface area contributed by atoms with E-state index in [1.54, 1.807) is 0 Å². The number of hydrogen-bond acceptors (Lipinski definition) is 3. The fraction of sp³-hybridized carbons (Fsp3) is 0.800. The first-order chi connectivity index (χ1) is 8.86. The summed E-state index contributed by atoms with van der Waals surface area (Å²) in [7, 11) is 0. The van der Waals surface area contributed by atoms with Crippen LogP contribution in [-0.4, -0.2) is 32.7 Å². The molecule has 1 aliphatic heterocycles. The minimum Gasteiger partial charge on any atom is -0.389 e. The zero-order valence-corrected chi connectivity index (χ0v) is 12.5. The number of aliphatic hydroxyl groups is 1. The number of rotatable bonds is 4. The molecule has 1 fully saturated rings. The average Bonchev–Trinajstić information content (AvgIpc) is 2.76. The summed E-state index contributed by atoms with van der Waals surface area (Å²) in [6.07, 6.45) is 4.91. The van der Waals surface area contributed by atoms with Crippen LogP contribution in [0.3, 0.4) is 0 Å². The van der Waals surface area contributed by atoms with Crippen molar-refractivity contribution in [2.45, 2.75) is 70.6 Å². The largest absolute Gasteiger partial charge is 0.389 e. The minimum atomic E-state index is -0.681. The molecule has 1 aliphatic rings. The molecule has 1 N–H and O–H groups in total. The van der Waals surface area contributed by atoms with E-state index in [1.807, 2.05) is 16.9 Å². The van der Waals surface area contributed by atoms with Gasteiger partial charge in [0, 0.05) is 31.5 Å². The molecule has 0 aliphatic carbocycles. The van der Waals surface area contributed by atoms with Crippen molar-refractivity contribution in [1.82, 2.24) is 9.78 Å². The van der Waals surface area contributed by atoms with Gasteiger partial charge in [0.2, 0.25) is 0 Å². The summed E-state index contributed by atoms with van der Waals surface area (Å²) in [6, 6.07) is 2.37. The van der Waals surface area contributed by atoms with Gasteiger partial charge in [-0.2, -0.15) is 5.10 Å². The Morgan fingerprint density at radius 3 is 2.84 bits per heavy atom. The van der Waals surface area contributed by atoms with Crippen LogP contribution in [0.1, 0.15) is 58.7 Å². The molecular weight excluding hydrogens is 240 g/mol. The van der Waals surface area contributed by atoms with Crippen LogP contribution in [0.25, 0.3) is 0 Å². The molecule has 0 aromatic carbocycles. The molecule has 2 atom stereocenters. The molecule has 0 bridgehead atoms. The Morgan fingerprint density at radius 2 is 2.26 bits per heavy atom. The maximum absolute atomic E-state index is 10.8. The Bertz CT molecular complexity index is 430. The van der Waals surface area contributed by atoms with Crippen molar-refractivity contribution in [2.75, 3.05) is 6.61 Å². The second-order valence-electron chi connectivity index (χ2n) is 6.36. The molecule has 4 nitrogen and oxygen atoms in total. The lowest BCUT2D eigenvalue weighted by Crippen LogP contribution is -2.48. The summed E-state index contributed by atoms with van der Waals surface area (Å²) in [5, 5.41) is 15.3. The zero-order valence-electron chi connectivity index (χ0n) is 12.5. The Hall–Kier alpha value is -0.870. The summed E-state index contributed by atoms with van der Waals surface area (Å²) in [6.45, 7) is 9.04. The van der Waals surface area contributed by atoms with E-state index in [0.29, 0.717) is 31.9 Å². The molecule has 0 radical (unpaired) electrons. The standard InChI is InChI=1S/C15H26N2O2/c1-5-14(4)11-15(18,7-9-19-14)10-13-6-8-17(16-13)12(2)3/h6,8,12,18H,5,7,9-11H2,1-4H3. The van der Waals surface area contributed by atoms with Gasteiger partial charge in [0.15, 0.2) is 0 Å². The van der Waals surface area contributed by atoms with Crippen LogP contribution in [0.4, 0.5) is 0 Å². The summed E-state index contributed by atoms with van der Waals surface area (Å²) in [5.74, 6) is 0. The topological polar surface area (TPSA) is 47.3 Å². The van der Waals surface area contributed by atoms with Crippen LogP contribution in [0.5, 0.6) is 0 Å². The molecule has 1 aromatic heterocycles. The highest BCUT2D eigenvalue weighted by Crippen LogP contribution is 2.36. The predicted octanol–water partition coefficient (Wildman–Crippen LogP) is 2.72. The first kappa shape index (κ1) is 14.5. The van der Waals surface area contributed by atoms with Crippen molar-refractivity contribution in [3.8, 4) is 0 Å². The number of aromatic nitrogens is 2. The highest BCUT2D eigenvalue weighted by Gasteiger charge is 2.41. The summed E-state index contributed by atoms with van der Waals surface area (Å²) >= 11 is 0. The second kappa shape index (κ2) is 5.25. The minimum absolute atomic E-state index is 0.201. The monoisotopic (exact) mass is 266 g/mol. The number of nitrogens with zero attached hydrogens (tertiary/aromatic N) is 2. The first-order valence-electron chi connectivity index (χ1n) is 7.26. The normalized spacial score (nSPS) is 31.9. The van der Waals surface area contributed by atoms with Crippen LogP contribution in [-0.2, 0) is 11.2 Å². The van der Waals surface area contributed by atoms with Crippen molar-refractivity contribution in [3.05, 3.63) is 18.0 Å². The van der Waals surface area contributed by atoms with Crippen molar-refractivity contribution in [3.63, 3.8) is 0 Å². The molecule has 2 unspecified atom stereocenters. The number of ether oxygens (including phenoxy) is 1. The quantitative estimate of drug-likeness (QED) is 0.911. The third-order valence-electron chi connectivity index (χ3n) is 4.17. The Morgan fingerprint density at radius 1 is 1.53 bits per heavy atom. The molecular formula is C15H26N2O2. The van der Waals surface area contributed by atoms with Gasteiger partial charge < -0.3 is 9.84 Å². The fourth-order valence-corrected chi connectivity index (χ4v) is 2.80. The van der Waals surface area contributed by atoms with Crippen LogP contribution in [0, 0.1) is 0 Å². The fourth-order valence-electron chi connectivity index (χ4n) is 2.80. The predicted molar refractivity (Wildman–Crippen MR) is 75.1 cm³/mol. The zero-order chi connectivity index (χ0) is 14.1. The molecule has 108 valence electrons. The number of hydrogen-bond donors (Lipinski definition) is 1. The van der Waals surface area contributed by atoms with E-state index >= 15 is 0 Å². The van der Waals surface area contributed by atoms with Crippen molar-refractivity contribution in [2.24, 2.45) is 0 Å². The second-order valence-corrected chi connectivity index (χ2v) is 6.36. The lowest BCUT2D eigenvalue weighted by atomic mass is 9.79. The SMILES string of the molecule is CCC1(C)CC(O)(Cc2ccn(C(C)C)n2)CCO1. The molecule has 2 heterocycles. The Labute approximate surface area is 115 Å². The van der Waals surface area contributed by atoms with Gasteiger partial charge in [-0.3, -0.25) is 4.68 Å². The average molecular weight is 266 g/mol.